The molecule has 1 amide bonds. The summed E-state index contributed by atoms with van der Waals surface area (Å²) in [4.78, 5) is 18.9. The van der Waals surface area contributed by atoms with Crippen molar-refractivity contribution >= 4 is 5.91 Å². The van der Waals surface area contributed by atoms with E-state index in [1.807, 2.05) is 30.9 Å². The fourth-order valence-corrected chi connectivity index (χ4v) is 4.07. The van der Waals surface area contributed by atoms with Gasteiger partial charge < -0.3 is 9.64 Å². The average Bonchev–Trinajstić information content (AvgIpc) is 3.31. The predicted molar refractivity (Wildman–Crippen MR) is 107 cm³/mol. The van der Waals surface area contributed by atoms with E-state index >= 15 is 0 Å². The Morgan fingerprint density at radius 3 is 2.61 bits per heavy atom. The van der Waals surface area contributed by atoms with Crippen molar-refractivity contribution in [2.24, 2.45) is 0 Å². The molecule has 7 heteroatoms. The number of carbonyl (C=O) groups excluding carboxylic acids is 1. The second kappa shape index (κ2) is 8.01. The molecule has 2 saturated heterocycles. The Kier molecular flexibility index (Phi) is 5.46. The van der Waals surface area contributed by atoms with Crippen molar-refractivity contribution in [2.75, 3.05) is 39.3 Å². The SMILES string of the molecule is Cc1ccc(-n2nc(C)c(C(=O)N3CCN(C[C@@H]4CCCO4)CC3)n2)c(C)c1. The molecule has 2 aliphatic rings. The van der Waals surface area contributed by atoms with E-state index in [1.165, 1.54) is 12.0 Å². The smallest absolute Gasteiger partial charge is 0.276 e. The summed E-state index contributed by atoms with van der Waals surface area (Å²) >= 11 is 0. The molecule has 1 atom stereocenters. The Hall–Kier alpha value is -2.25. The number of aromatic nitrogens is 3. The van der Waals surface area contributed by atoms with Crippen LogP contribution in [0.2, 0.25) is 0 Å². The highest BCUT2D eigenvalue weighted by molar-refractivity contribution is 5.93. The first kappa shape index (κ1) is 19.1. The summed E-state index contributed by atoms with van der Waals surface area (Å²) in [6.07, 6.45) is 2.68. The molecule has 0 aliphatic carbocycles. The highest BCUT2D eigenvalue weighted by Gasteiger charge is 2.28. The minimum absolute atomic E-state index is 0.0229. The maximum Gasteiger partial charge on any atom is 0.276 e. The highest BCUT2D eigenvalue weighted by atomic mass is 16.5. The number of aryl methyl sites for hydroxylation is 3. The quantitative estimate of drug-likeness (QED) is 0.809. The molecular weight excluding hydrogens is 354 g/mol. The van der Waals surface area contributed by atoms with Gasteiger partial charge in [-0.05, 0) is 45.2 Å². The second-order valence-corrected chi connectivity index (χ2v) is 7.94. The lowest BCUT2D eigenvalue weighted by molar-refractivity contribution is 0.0429. The Balaban J connectivity index is 1.42. The summed E-state index contributed by atoms with van der Waals surface area (Å²) in [5.41, 5.74) is 4.33. The number of hydrogen-bond acceptors (Lipinski definition) is 5. The highest BCUT2D eigenvalue weighted by Crippen LogP contribution is 2.18. The summed E-state index contributed by atoms with van der Waals surface area (Å²) < 4.78 is 5.73. The minimum Gasteiger partial charge on any atom is -0.377 e. The van der Waals surface area contributed by atoms with Crippen molar-refractivity contribution in [3.8, 4) is 5.69 Å². The summed E-state index contributed by atoms with van der Waals surface area (Å²) in [5.74, 6) is -0.0229. The molecular formula is C21H29N5O2. The van der Waals surface area contributed by atoms with Gasteiger partial charge in [-0.2, -0.15) is 9.90 Å². The molecule has 0 unspecified atom stereocenters. The van der Waals surface area contributed by atoms with Crippen LogP contribution in [0.5, 0.6) is 0 Å². The van der Waals surface area contributed by atoms with Gasteiger partial charge in [0.1, 0.15) is 0 Å². The topological polar surface area (TPSA) is 63.5 Å². The monoisotopic (exact) mass is 383 g/mol. The summed E-state index contributed by atoms with van der Waals surface area (Å²) in [5, 5.41) is 9.03. The van der Waals surface area contributed by atoms with Crippen molar-refractivity contribution in [3.05, 3.63) is 40.7 Å². The number of carbonyl (C=O) groups is 1. The molecule has 0 radical (unpaired) electrons. The zero-order valence-electron chi connectivity index (χ0n) is 17.0. The standard InChI is InChI=1S/C21H29N5O2/c1-15-6-7-19(16(2)13-15)26-22-17(3)20(23-26)21(27)25-10-8-24(9-11-25)14-18-5-4-12-28-18/h6-7,13,18H,4-5,8-12,14H2,1-3H3/t18-/m0/s1. The molecule has 2 fully saturated rings. The van der Waals surface area contributed by atoms with Crippen molar-refractivity contribution < 1.29 is 9.53 Å². The Bertz CT molecular complexity index is 848. The van der Waals surface area contributed by atoms with Gasteiger partial charge in [0, 0.05) is 39.3 Å². The van der Waals surface area contributed by atoms with Gasteiger partial charge in [-0.3, -0.25) is 9.69 Å². The maximum absolute atomic E-state index is 13.0. The largest absolute Gasteiger partial charge is 0.377 e. The van der Waals surface area contributed by atoms with Crippen LogP contribution >= 0.6 is 0 Å². The number of amides is 1. The number of nitrogens with zero attached hydrogens (tertiary/aromatic N) is 5. The first-order valence-corrected chi connectivity index (χ1v) is 10.2. The van der Waals surface area contributed by atoms with Crippen LogP contribution < -0.4 is 0 Å². The molecule has 7 nitrogen and oxygen atoms in total. The van der Waals surface area contributed by atoms with E-state index in [2.05, 4.69) is 28.1 Å². The Labute approximate surface area is 166 Å². The van der Waals surface area contributed by atoms with E-state index in [1.54, 1.807) is 4.80 Å². The number of hydrogen-bond donors (Lipinski definition) is 0. The Morgan fingerprint density at radius 2 is 1.93 bits per heavy atom. The van der Waals surface area contributed by atoms with E-state index in [0.717, 1.165) is 57.0 Å². The van der Waals surface area contributed by atoms with Crippen molar-refractivity contribution in [1.82, 2.24) is 24.8 Å². The molecule has 4 rings (SSSR count). The van der Waals surface area contributed by atoms with E-state index in [4.69, 9.17) is 4.74 Å². The van der Waals surface area contributed by atoms with E-state index < -0.39 is 0 Å². The van der Waals surface area contributed by atoms with Gasteiger partial charge in [0.2, 0.25) is 0 Å². The summed E-state index contributed by atoms with van der Waals surface area (Å²) in [7, 11) is 0. The molecule has 1 aromatic heterocycles. The van der Waals surface area contributed by atoms with Gasteiger partial charge in [0.05, 0.1) is 17.5 Å². The third kappa shape index (κ3) is 3.95. The van der Waals surface area contributed by atoms with Gasteiger partial charge in [-0.25, -0.2) is 0 Å². The molecule has 28 heavy (non-hydrogen) atoms. The lowest BCUT2D eigenvalue weighted by Gasteiger charge is -2.35. The van der Waals surface area contributed by atoms with Gasteiger partial charge >= 0.3 is 0 Å². The lowest BCUT2D eigenvalue weighted by Crippen LogP contribution is -2.50. The first-order chi connectivity index (χ1) is 13.5. The minimum atomic E-state index is -0.0229. The van der Waals surface area contributed by atoms with Crippen molar-refractivity contribution in [3.63, 3.8) is 0 Å². The molecule has 3 heterocycles. The van der Waals surface area contributed by atoms with Crippen LogP contribution in [0.4, 0.5) is 0 Å². The predicted octanol–water partition coefficient (Wildman–Crippen LogP) is 2.13. The zero-order valence-corrected chi connectivity index (χ0v) is 17.0. The molecule has 2 aromatic rings. The third-order valence-corrected chi connectivity index (χ3v) is 5.70. The van der Waals surface area contributed by atoms with Crippen molar-refractivity contribution in [2.45, 2.75) is 39.7 Å². The van der Waals surface area contributed by atoms with Crippen LogP contribution in [-0.2, 0) is 4.74 Å². The zero-order chi connectivity index (χ0) is 19.7. The number of piperazine rings is 1. The molecule has 1 aromatic carbocycles. The van der Waals surface area contributed by atoms with E-state index in [0.29, 0.717) is 17.5 Å². The molecule has 0 bridgehead atoms. The number of benzene rings is 1. The van der Waals surface area contributed by atoms with Crippen LogP contribution in [0.1, 0.15) is 40.2 Å². The fraction of sp³-hybridized carbons (Fsp3) is 0.571. The number of ether oxygens (including phenoxy) is 1. The van der Waals surface area contributed by atoms with Gasteiger partial charge in [-0.1, -0.05) is 17.7 Å². The average molecular weight is 383 g/mol. The molecule has 0 N–H and O–H groups in total. The summed E-state index contributed by atoms with van der Waals surface area (Å²) in [6.45, 7) is 11.0. The van der Waals surface area contributed by atoms with Crippen LogP contribution in [0.15, 0.2) is 18.2 Å². The van der Waals surface area contributed by atoms with Crippen LogP contribution in [0.25, 0.3) is 5.69 Å². The van der Waals surface area contributed by atoms with Gasteiger partial charge in [0.15, 0.2) is 5.69 Å². The number of rotatable bonds is 4. The van der Waals surface area contributed by atoms with Crippen LogP contribution in [0.3, 0.4) is 0 Å². The lowest BCUT2D eigenvalue weighted by atomic mass is 10.1. The fourth-order valence-electron chi connectivity index (χ4n) is 4.07. The molecule has 150 valence electrons. The first-order valence-electron chi connectivity index (χ1n) is 10.2. The summed E-state index contributed by atoms with van der Waals surface area (Å²) in [6, 6.07) is 6.14. The van der Waals surface area contributed by atoms with Gasteiger partial charge in [0.25, 0.3) is 5.91 Å². The molecule has 0 spiro atoms. The molecule has 0 saturated carbocycles. The van der Waals surface area contributed by atoms with Crippen molar-refractivity contribution in [1.29, 1.82) is 0 Å². The van der Waals surface area contributed by atoms with E-state index in [9.17, 15) is 4.79 Å². The third-order valence-electron chi connectivity index (χ3n) is 5.70. The van der Waals surface area contributed by atoms with E-state index in [-0.39, 0.29) is 5.91 Å². The Morgan fingerprint density at radius 1 is 1.14 bits per heavy atom. The van der Waals surface area contributed by atoms with Crippen LogP contribution in [-0.4, -0.2) is 76.1 Å². The maximum atomic E-state index is 13.0. The van der Waals surface area contributed by atoms with Gasteiger partial charge in [-0.15, -0.1) is 5.10 Å². The molecule has 2 aliphatic heterocycles. The second-order valence-electron chi connectivity index (χ2n) is 7.94. The normalized spacial score (nSPS) is 20.7. The van der Waals surface area contributed by atoms with Crippen LogP contribution in [0, 0.1) is 20.8 Å².